The van der Waals surface area contributed by atoms with Gasteiger partial charge in [0, 0.05) is 11.8 Å². The fourth-order valence-corrected chi connectivity index (χ4v) is 1.64. The van der Waals surface area contributed by atoms with E-state index < -0.39 is 6.61 Å². The Bertz CT molecular complexity index is 648. The van der Waals surface area contributed by atoms with Crippen LogP contribution in [-0.4, -0.2) is 11.6 Å². The molecule has 0 saturated carbocycles. The van der Waals surface area contributed by atoms with Gasteiger partial charge in [0.15, 0.2) is 0 Å². The highest BCUT2D eigenvalue weighted by Gasteiger charge is 2.09. The van der Waals surface area contributed by atoms with E-state index in [-0.39, 0.29) is 11.3 Å². The third-order valence-corrected chi connectivity index (χ3v) is 2.50. The van der Waals surface area contributed by atoms with Crippen LogP contribution in [0.15, 0.2) is 48.7 Å². The number of aromatic nitrogens is 1. The number of ether oxygens (including phenoxy) is 1. The highest BCUT2D eigenvalue weighted by atomic mass is 19.3. The van der Waals surface area contributed by atoms with Gasteiger partial charge in [0.25, 0.3) is 0 Å². The molecule has 1 aromatic heterocycles. The molecule has 0 unspecified atom stereocenters. The molecule has 1 aromatic carbocycles. The van der Waals surface area contributed by atoms with Gasteiger partial charge in [-0.05, 0) is 24.3 Å². The molecule has 2 rings (SSSR count). The van der Waals surface area contributed by atoms with Gasteiger partial charge in [-0.25, -0.2) is 0 Å². The molecule has 20 heavy (non-hydrogen) atoms. The Morgan fingerprint density at radius 3 is 2.60 bits per heavy atom. The number of hydrogen-bond acceptors (Lipinski definition) is 3. The Labute approximate surface area is 114 Å². The molecule has 0 spiro atoms. The van der Waals surface area contributed by atoms with Crippen LogP contribution in [-0.2, 0) is 0 Å². The smallest absolute Gasteiger partial charge is 0.387 e. The Kier molecular flexibility index (Phi) is 4.40. The maximum absolute atomic E-state index is 12.3. The summed E-state index contributed by atoms with van der Waals surface area (Å²) in [5.74, 6) is 0.0196. The summed E-state index contributed by atoms with van der Waals surface area (Å²) >= 11 is 0. The quantitative estimate of drug-likeness (QED) is 0.796. The maximum atomic E-state index is 12.3. The van der Waals surface area contributed by atoms with Crippen LogP contribution in [0.2, 0.25) is 0 Å². The molecule has 2 aromatic rings. The average molecular weight is 272 g/mol. The van der Waals surface area contributed by atoms with Gasteiger partial charge in [0.2, 0.25) is 0 Å². The molecule has 0 atom stereocenters. The molecule has 0 aliphatic rings. The number of nitrogens with zero attached hydrogens (tertiary/aromatic N) is 2. The molecule has 0 fully saturated rings. The fourth-order valence-electron chi connectivity index (χ4n) is 1.64. The molecule has 0 N–H and O–H groups in total. The summed E-state index contributed by atoms with van der Waals surface area (Å²) in [5, 5.41) is 9.17. The Balaban J connectivity index is 2.41. The Morgan fingerprint density at radius 2 is 1.95 bits per heavy atom. The monoisotopic (exact) mass is 272 g/mol. The van der Waals surface area contributed by atoms with Crippen molar-refractivity contribution in [3.05, 3.63) is 59.9 Å². The van der Waals surface area contributed by atoms with E-state index in [0.29, 0.717) is 11.3 Å². The lowest BCUT2D eigenvalue weighted by atomic mass is 10.1. The van der Waals surface area contributed by atoms with Crippen molar-refractivity contribution in [1.82, 2.24) is 4.98 Å². The third kappa shape index (κ3) is 3.39. The number of halogens is 2. The first-order chi connectivity index (χ1) is 9.70. The van der Waals surface area contributed by atoms with E-state index in [1.807, 2.05) is 6.07 Å². The zero-order valence-corrected chi connectivity index (χ0v) is 10.3. The summed E-state index contributed by atoms with van der Waals surface area (Å²) in [6, 6.07) is 13.4. The molecule has 0 aliphatic carbocycles. The molecule has 5 heteroatoms. The minimum absolute atomic E-state index is 0.0196. The molecular weight excluding hydrogens is 262 g/mol. The standard InChI is InChI=1S/C15H10F2N2O/c16-15(17)20-14-7-2-1-5-11(14)9-12(10-18)13-6-3-4-8-19-13/h1-9,15H. The first-order valence-electron chi connectivity index (χ1n) is 5.78. The summed E-state index contributed by atoms with van der Waals surface area (Å²) in [6.07, 6.45) is 3.03. The predicted molar refractivity (Wildman–Crippen MR) is 70.8 cm³/mol. The summed E-state index contributed by atoms with van der Waals surface area (Å²) in [5.41, 5.74) is 1.15. The van der Waals surface area contributed by atoms with Gasteiger partial charge in [0.05, 0.1) is 11.3 Å². The number of hydrogen-bond donors (Lipinski definition) is 0. The number of para-hydroxylation sites is 1. The molecule has 0 saturated heterocycles. The first-order valence-corrected chi connectivity index (χ1v) is 5.78. The SMILES string of the molecule is N#CC(=Cc1ccccc1OC(F)F)c1ccccn1. The van der Waals surface area contributed by atoms with Crippen molar-refractivity contribution in [3.8, 4) is 11.8 Å². The molecular formula is C15H10F2N2O. The van der Waals surface area contributed by atoms with Gasteiger partial charge in [-0.2, -0.15) is 14.0 Å². The van der Waals surface area contributed by atoms with Crippen LogP contribution < -0.4 is 4.74 Å². The molecule has 0 radical (unpaired) electrons. The van der Waals surface area contributed by atoms with Crippen LogP contribution in [0.5, 0.6) is 5.75 Å². The zero-order valence-electron chi connectivity index (χ0n) is 10.3. The van der Waals surface area contributed by atoms with Crippen molar-refractivity contribution in [3.63, 3.8) is 0 Å². The lowest BCUT2D eigenvalue weighted by molar-refractivity contribution is -0.0499. The minimum atomic E-state index is -2.91. The average Bonchev–Trinajstić information content (AvgIpc) is 2.46. The van der Waals surface area contributed by atoms with Crippen molar-refractivity contribution < 1.29 is 13.5 Å². The number of pyridine rings is 1. The lowest BCUT2D eigenvalue weighted by Crippen LogP contribution is -2.03. The second kappa shape index (κ2) is 6.43. The van der Waals surface area contributed by atoms with Crippen molar-refractivity contribution in [2.45, 2.75) is 6.61 Å². The van der Waals surface area contributed by atoms with Crippen LogP contribution in [0.1, 0.15) is 11.3 Å². The van der Waals surface area contributed by atoms with E-state index in [2.05, 4.69) is 9.72 Å². The maximum Gasteiger partial charge on any atom is 0.387 e. The summed E-state index contributed by atoms with van der Waals surface area (Å²) in [4.78, 5) is 4.06. The predicted octanol–water partition coefficient (Wildman–Crippen LogP) is 3.75. The van der Waals surface area contributed by atoms with Gasteiger partial charge in [-0.15, -0.1) is 0 Å². The molecule has 0 bridgehead atoms. The van der Waals surface area contributed by atoms with E-state index in [1.165, 1.54) is 12.1 Å². The van der Waals surface area contributed by atoms with Crippen LogP contribution >= 0.6 is 0 Å². The highest BCUT2D eigenvalue weighted by molar-refractivity contribution is 5.89. The van der Waals surface area contributed by atoms with E-state index >= 15 is 0 Å². The van der Waals surface area contributed by atoms with Crippen LogP contribution in [0.3, 0.4) is 0 Å². The van der Waals surface area contributed by atoms with Crippen molar-refractivity contribution >= 4 is 11.6 Å². The molecule has 1 heterocycles. The first kappa shape index (κ1) is 13.7. The Morgan fingerprint density at radius 1 is 1.20 bits per heavy atom. The minimum Gasteiger partial charge on any atom is -0.434 e. The van der Waals surface area contributed by atoms with Gasteiger partial charge in [-0.1, -0.05) is 24.3 Å². The molecule has 100 valence electrons. The normalized spacial score (nSPS) is 11.2. The van der Waals surface area contributed by atoms with Gasteiger partial charge in [0.1, 0.15) is 11.8 Å². The lowest BCUT2D eigenvalue weighted by Gasteiger charge is -2.08. The summed E-state index contributed by atoms with van der Waals surface area (Å²) in [7, 11) is 0. The van der Waals surface area contributed by atoms with Crippen molar-refractivity contribution in [2.75, 3.05) is 0 Å². The van der Waals surface area contributed by atoms with E-state index in [0.717, 1.165) is 0 Å². The summed E-state index contributed by atoms with van der Waals surface area (Å²) in [6.45, 7) is -2.91. The zero-order chi connectivity index (χ0) is 14.4. The van der Waals surface area contributed by atoms with Crippen molar-refractivity contribution in [2.24, 2.45) is 0 Å². The van der Waals surface area contributed by atoms with Crippen LogP contribution in [0.4, 0.5) is 8.78 Å². The van der Waals surface area contributed by atoms with Crippen molar-refractivity contribution in [1.29, 1.82) is 5.26 Å². The van der Waals surface area contributed by atoms with E-state index in [9.17, 15) is 8.78 Å². The molecule has 0 amide bonds. The van der Waals surface area contributed by atoms with Crippen LogP contribution in [0.25, 0.3) is 11.6 Å². The highest BCUT2D eigenvalue weighted by Crippen LogP contribution is 2.25. The second-order valence-electron chi connectivity index (χ2n) is 3.80. The largest absolute Gasteiger partial charge is 0.434 e. The fraction of sp³-hybridized carbons (Fsp3) is 0.0667. The number of alkyl halides is 2. The molecule has 0 aliphatic heterocycles. The van der Waals surface area contributed by atoms with E-state index in [4.69, 9.17) is 5.26 Å². The van der Waals surface area contributed by atoms with E-state index in [1.54, 1.807) is 42.6 Å². The third-order valence-electron chi connectivity index (χ3n) is 2.50. The van der Waals surface area contributed by atoms with Crippen LogP contribution in [0, 0.1) is 11.3 Å². The Hall–Kier alpha value is -2.74. The number of rotatable bonds is 4. The topological polar surface area (TPSA) is 45.9 Å². The number of nitriles is 1. The van der Waals surface area contributed by atoms with Gasteiger partial charge < -0.3 is 4.74 Å². The van der Waals surface area contributed by atoms with Gasteiger partial charge >= 0.3 is 6.61 Å². The van der Waals surface area contributed by atoms with Gasteiger partial charge in [-0.3, -0.25) is 4.98 Å². The molecule has 3 nitrogen and oxygen atoms in total. The second-order valence-corrected chi connectivity index (χ2v) is 3.80. The summed E-state index contributed by atoms with van der Waals surface area (Å²) < 4.78 is 29.1. The number of benzene rings is 1. The number of allylic oxidation sites excluding steroid dienone is 1.